The van der Waals surface area contributed by atoms with Crippen molar-refractivity contribution in [3.63, 3.8) is 0 Å². The number of aryl methyl sites for hydroxylation is 3. The second kappa shape index (κ2) is 9.23. The Labute approximate surface area is 174 Å². The maximum absolute atomic E-state index is 4.30. The van der Waals surface area contributed by atoms with E-state index in [9.17, 15) is 0 Å². The zero-order valence-electron chi connectivity index (χ0n) is 17.6. The summed E-state index contributed by atoms with van der Waals surface area (Å²) >= 11 is 0. The molecule has 0 amide bonds. The van der Waals surface area contributed by atoms with Gasteiger partial charge in [-0.2, -0.15) is 0 Å². The molecule has 152 valence electrons. The molecule has 2 heterocycles. The highest BCUT2D eigenvalue weighted by atomic mass is 15.4. The smallest absolute Gasteiger partial charge is 0.113 e. The van der Waals surface area contributed by atoms with Gasteiger partial charge in [-0.15, -0.1) is 5.10 Å². The van der Waals surface area contributed by atoms with Gasteiger partial charge in [0.25, 0.3) is 0 Å². The van der Waals surface area contributed by atoms with E-state index < -0.39 is 0 Å². The first kappa shape index (κ1) is 19.6. The van der Waals surface area contributed by atoms with Crippen molar-refractivity contribution in [2.75, 3.05) is 37.6 Å². The van der Waals surface area contributed by atoms with Crippen LogP contribution in [0.3, 0.4) is 0 Å². The van der Waals surface area contributed by atoms with Crippen molar-refractivity contribution in [2.45, 2.75) is 33.2 Å². The van der Waals surface area contributed by atoms with E-state index in [1.165, 1.54) is 29.8 Å². The van der Waals surface area contributed by atoms with Crippen LogP contribution in [0.5, 0.6) is 0 Å². The summed E-state index contributed by atoms with van der Waals surface area (Å²) in [6, 6.07) is 17.1. The molecule has 0 unspecified atom stereocenters. The molecule has 1 aromatic heterocycles. The molecule has 3 aromatic rings. The van der Waals surface area contributed by atoms with Gasteiger partial charge in [0, 0.05) is 44.0 Å². The summed E-state index contributed by atoms with van der Waals surface area (Å²) in [5.74, 6) is 0. The van der Waals surface area contributed by atoms with Crippen LogP contribution in [0.4, 0.5) is 5.69 Å². The Bertz CT molecular complexity index is 910. The van der Waals surface area contributed by atoms with Crippen molar-refractivity contribution >= 4 is 5.69 Å². The molecule has 4 rings (SSSR count). The first-order chi connectivity index (χ1) is 14.2. The molecule has 0 N–H and O–H groups in total. The van der Waals surface area contributed by atoms with Crippen molar-refractivity contribution in [1.82, 2.24) is 19.9 Å². The number of nitrogens with zero attached hydrogens (tertiary/aromatic N) is 5. The summed E-state index contributed by atoms with van der Waals surface area (Å²) < 4.78 is 1.97. The van der Waals surface area contributed by atoms with Crippen LogP contribution in [0.25, 0.3) is 11.3 Å². The average Bonchev–Trinajstić information content (AvgIpc) is 3.23. The van der Waals surface area contributed by atoms with Gasteiger partial charge in [0.05, 0.1) is 6.20 Å². The largest absolute Gasteiger partial charge is 0.369 e. The summed E-state index contributed by atoms with van der Waals surface area (Å²) in [6.07, 6.45) is 4.39. The summed E-state index contributed by atoms with van der Waals surface area (Å²) in [7, 11) is 0. The van der Waals surface area contributed by atoms with E-state index in [4.69, 9.17) is 0 Å². The molecule has 0 aliphatic carbocycles. The van der Waals surface area contributed by atoms with Crippen LogP contribution >= 0.6 is 0 Å². The zero-order chi connectivity index (χ0) is 20.1. The lowest BCUT2D eigenvalue weighted by atomic mass is 10.1. The normalized spacial score (nSPS) is 15.0. The van der Waals surface area contributed by atoms with Crippen LogP contribution < -0.4 is 4.90 Å². The maximum atomic E-state index is 4.30. The highest BCUT2D eigenvalue weighted by Gasteiger charge is 2.17. The Morgan fingerprint density at radius 1 is 0.828 bits per heavy atom. The molecule has 0 saturated carbocycles. The molecule has 1 aliphatic rings. The zero-order valence-corrected chi connectivity index (χ0v) is 17.6. The molecule has 2 aromatic carbocycles. The van der Waals surface area contributed by atoms with E-state index >= 15 is 0 Å². The van der Waals surface area contributed by atoms with Crippen molar-refractivity contribution in [3.8, 4) is 11.3 Å². The van der Waals surface area contributed by atoms with Gasteiger partial charge in [-0.3, -0.25) is 9.58 Å². The highest BCUT2D eigenvalue weighted by Crippen LogP contribution is 2.20. The molecule has 1 fully saturated rings. The van der Waals surface area contributed by atoms with Crippen molar-refractivity contribution < 1.29 is 0 Å². The molecule has 1 saturated heterocycles. The van der Waals surface area contributed by atoms with Crippen LogP contribution in [0.15, 0.2) is 54.7 Å². The summed E-state index contributed by atoms with van der Waals surface area (Å²) in [4.78, 5) is 5.11. The Hall–Kier alpha value is -2.66. The molecular formula is C24H31N5. The third-order valence-electron chi connectivity index (χ3n) is 5.95. The Morgan fingerprint density at radius 2 is 1.59 bits per heavy atom. The van der Waals surface area contributed by atoms with Gasteiger partial charge in [-0.05, 0) is 56.5 Å². The van der Waals surface area contributed by atoms with E-state index in [1.54, 1.807) is 0 Å². The molecule has 0 bridgehead atoms. The van der Waals surface area contributed by atoms with Gasteiger partial charge in [-0.1, -0.05) is 41.6 Å². The number of aromatic nitrogens is 3. The van der Waals surface area contributed by atoms with E-state index in [0.717, 1.165) is 50.4 Å². The lowest BCUT2D eigenvalue weighted by molar-refractivity contribution is 0.250. The van der Waals surface area contributed by atoms with Gasteiger partial charge < -0.3 is 4.90 Å². The predicted octanol–water partition coefficient (Wildman–Crippen LogP) is 4.16. The monoisotopic (exact) mass is 389 g/mol. The molecule has 5 heteroatoms. The van der Waals surface area contributed by atoms with Gasteiger partial charge in [-0.25, -0.2) is 0 Å². The van der Waals surface area contributed by atoms with Crippen LogP contribution in [0, 0.1) is 13.8 Å². The van der Waals surface area contributed by atoms with Crippen LogP contribution in [0.1, 0.15) is 24.0 Å². The summed E-state index contributed by atoms with van der Waals surface area (Å²) in [6.45, 7) is 11.0. The number of hydrogen-bond donors (Lipinski definition) is 0. The van der Waals surface area contributed by atoms with Crippen molar-refractivity contribution in [1.29, 1.82) is 0 Å². The Kier molecular flexibility index (Phi) is 6.25. The molecule has 5 nitrogen and oxygen atoms in total. The fourth-order valence-electron chi connectivity index (χ4n) is 3.91. The molecule has 29 heavy (non-hydrogen) atoms. The second-order valence-electron chi connectivity index (χ2n) is 8.04. The van der Waals surface area contributed by atoms with Crippen molar-refractivity contribution in [2.24, 2.45) is 0 Å². The Morgan fingerprint density at radius 3 is 2.34 bits per heavy atom. The quantitative estimate of drug-likeness (QED) is 0.569. The third-order valence-corrected chi connectivity index (χ3v) is 5.95. The summed E-state index contributed by atoms with van der Waals surface area (Å²) in [5, 5.41) is 8.58. The van der Waals surface area contributed by atoms with Crippen LogP contribution in [-0.4, -0.2) is 52.6 Å². The maximum Gasteiger partial charge on any atom is 0.113 e. The lowest BCUT2D eigenvalue weighted by Crippen LogP contribution is -2.46. The number of rotatable bonds is 7. The standard InChI is InChI=1S/C24H31N5/c1-20-10-11-23(18-21(20)2)28-16-14-27(15-17-28)12-6-7-13-29-19-24(25-26-29)22-8-4-3-5-9-22/h3-5,8-11,18-19H,6-7,12-17H2,1-2H3. The van der Waals surface area contributed by atoms with E-state index in [0.29, 0.717) is 0 Å². The van der Waals surface area contributed by atoms with Crippen LogP contribution in [-0.2, 0) is 6.54 Å². The number of benzene rings is 2. The highest BCUT2D eigenvalue weighted by molar-refractivity contribution is 5.57. The fraction of sp³-hybridized carbons (Fsp3) is 0.417. The lowest BCUT2D eigenvalue weighted by Gasteiger charge is -2.36. The number of anilines is 1. The first-order valence-electron chi connectivity index (χ1n) is 10.7. The molecule has 0 spiro atoms. The molecule has 0 atom stereocenters. The van der Waals surface area contributed by atoms with Gasteiger partial charge >= 0.3 is 0 Å². The topological polar surface area (TPSA) is 37.2 Å². The van der Waals surface area contributed by atoms with Gasteiger partial charge in [0.1, 0.15) is 5.69 Å². The predicted molar refractivity (Wildman–Crippen MR) is 119 cm³/mol. The van der Waals surface area contributed by atoms with E-state index in [2.05, 4.69) is 70.5 Å². The molecule has 0 radical (unpaired) electrons. The average molecular weight is 390 g/mol. The SMILES string of the molecule is Cc1ccc(N2CCN(CCCCn3cc(-c4ccccc4)nn3)CC2)cc1C. The van der Waals surface area contributed by atoms with Gasteiger partial charge in [0.15, 0.2) is 0 Å². The van der Waals surface area contributed by atoms with Crippen LogP contribution in [0.2, 0.25) is 0 Å². The van der Waals surface area contributed by atoms with E-state index in [1.807, 2.05) is 22.9 Å². The second-order valence-corrected chi connectivity index (χ2v) is 8.04. The molecular weight excluding hydrogens is 358 g/mol. The minimum atomic E-state index is 0.933. The van der Waals surface area contributed by atoms with Gasteiger partial charge in [0.2, 0.25) is 0 Å². The Balaban J connectivity index is 1.18. The minimum Gasteiger partial charge on any atom is -0.369 e. The first-order valence-corrected chi connectivity index (χ1v) is 10.7. The van der Waals surface area contributed by atoms with Crippen molar-refractivity contribution in [3.05, 3.63) is 65.9 Å². The number of unbranched alkanes of at least 4 members (excludes halogenated alkanes) is 1. The third kappa shape index (κ3) is 5.04. The molecule has 1 aliphatic heterocycles. The fourth-order valence-corrected chi connectivity index (χ4v) is 3.91. The number of piperazine rings is 1. The van der Waals surface area contributed by atoms with E-state index in [-0.39, 0.29) is 0 Å². The number of hydrogen-bond acceptors (Lipinski definition) is 4. The minimum absolute atomic E-state index is 0.933. The summed E-state index contributed by atoms with van der Waals surface area (Å²) in [5.41, 5.74) is 6.20.